The number of rotatable bonds is 10. The van der Waals surface area contributed by atoms with Gasteiger partial charge in [-0.1, -0.05) is 6.07 Å². The molecule has 2 aromatic heterocycles. The number of nitrogens with one attached hydrogen (secondary N) is 2. The van der Waals surface area contributed by atoms with Gasteiger partial charge in [0.2, 0.25) is 0 Å². The number of aryl methyl sites for hydroxylation is 1. The van der Waals surface area contributed by atoms with Crippen LogP contribution in [0.5, 0.6) is 11.5 Å². The monoisotopic (exact) mass is 554 g/mol. The second kappa shape index (κ2) is 11.1. The summed E-state index contributed by atoms with van der Waals surface area (Å²) < 4.78 is 46.8. The van der Waals surface area contributed by atoms with Crippen molar-refractivity contribution in [3.8, 4) is 11.5 Å². The van der Waals surface area contributed by atoms with Crippen molar-refractivity contribution < 1.29 is 22.3 Å². The van der Waals surface area contributed by atoms with E-state index < -0.39 is 10.0 Å². The maximum atomic E-state index is 12.8. The van der Waals surface area contributed by atoms with E-state index in [1.54, 1.807) is 39.3 Å². The number of hydrogen-bond acceptors (Lipinski definition) is 9. The third-order valence-electron chi connectivity index (χ3n) is 6.94. The first kappa shape index (κ1) is 26.8. The molecule has 5 rings (SSSR count). The molecule has 2 aromatic carbocycles. The van der Waals surface area contributed by atoms with Crippen LogP contribution >= 0.6 is 0 Å². The van der Waals surface area contributed by atoms with E-state index in [-0.39, 0.29) is 11.1 Å². The Morgan fingerprint density at radius 1 is 1.13 bits per heavy atom. The average Bonchev–Trinajstić information content (AvgIpc) is 3.47. The van der Waals surface area contributed by atoms with Crippen molar-refractivity contribution in [3.63, 3.8) is 0 Å². The Morgan fingerprint density at radius 2 is 1.92 bits per heavy atom. The van der Waals surface area contributed by atoms with Crippen LogP contribution in [0.3, 0.4) is 0 Å². The lowest BCUT2D eigenvalue weighted by Crippen LogP contribution is -2.38. The topological polar surface area (TPSA) is 124 Å². The lowest BCUT2D eigenvalue weighted by molar-refractivity contribution is 0.210. The number of hydrogen-bond donors (Lipinski definition) is 2. The van der Waals surface area contributed by atoms with E-state index in [1.807, 2.05) is 13.0 Å². The number of fused-ring (bicyclic) bond motifs is 1. The number of oxazole rings is 1. The molecule has 0 amide bonds. The zero-order chi connectivity index (χ0) is 27.6. The first-order valence-corrected chi connectivity index (χ1v) is 14.4. The lowest BCUT2D eigenvalue weighted by Gasteiger charge is -2.32. The summed E-state index contributed by atoms with van der Waals surface area (Å²) in [7, 11) is -0.472. The molecule has 3 heterocycles. The second-order valence-electron chi connectivity index (χ2n) is 9.62. The highest BCUT2D eigenvalue weighted by molar-refractivity contribution is 7.92. The van der Waals surface area contributed by atoms with Crippen molar-refractivity contribution in [1.82, 2.24) is 19.4 Å². The summed E-state index contributed by atoms with van der Waals surface area (Å²) in [6.45, 7) is 7.02. The predicted molar refractivity (Wildman–Crippen MR) is 149 cm³/mol. The van der Waals surface area contributed by atoms with Gasteiger partial charge in [0.05, 0.1) is 25.6 Å². The van der Waals surface area contributed by atoms with Gasteiger partial charge in [0.25, 0.3) is 16.0 Å². The average molecular weight is 555 g/mol. The molecule has 208 valence electrons. The number of piperidine rings is 1. The minimum atomic E-state index is -3.79. The number of anilines is 2. The molecule has 0 spiro atoms. The number of likely N-dealkylation sites (tertiary alicyclic amines) is 1. The van der Waals surface area contributed by atoms with Crippen molar-refractivity contribution >= 4 is 32.8 Å². The number of aromatic nitrogens is 3. The molecule has 1 aliphatic rings. The molecule has 4 aromatic rings. The third-order valence-corrected chi connectivity index (χ3v) is 8.38. The van der Waals surface area contributed by atoms with E-state index in [2.05, 4.69) is 37.0 Å². The Hall–Kier alpha value is -3.77. The standard InChI is InChI=1S/C27H34N6O5S/c1-5-37-25-14-19(6-8-24(25)36-4)17-33-12-10-20(11-13-33)29-27-30-22-15-21(7-9-23(22)38-27)31-39(34,35)26-16-28-18(2)32(26)3/h6-9,14-16,20,31H,5,10-13,17H2,1-4H3,(H,29,30). The summed E-state index contributed by atoms with van der Waals surface area (Å²) in [4.78, 5) is 11.0. The predicted octanol–water partition coefficient (Wildman–Crippen LogP) is 4.15. The van der Waals surface area contributed by atoms with Crippen molar-refractivity contribution in [3.05, 3.63) is 54.0 Å². The van der Waals surface area contributed by atoms with Gasteiger partial charge in [-0.05, 0) is 62.6 Å². The fraction of sp³-hybridized carbons (Fsp3) is 0.407. The Balaban J connectivity index is 1.18. The van der Waals surface area contributed by atoms with Crippen molar-refractivity contribution in [2.24, 2.45) is 7.05 Å². The van der Waals surface area contributed by atoms with Gasteiger partial charge in [0.1, 0.15) is 11.3 Å². The molecule has 2 N–H and O–H groups in total. The first-order chi connectivity index (χ1) is 18.8. The highest BCUT2D eigenvalue weighted by Gasteiger charge is 2.23. The molecule has 1 saturated heterocycles. The fourth-order valence-corrected chi connectivity index (χ4v) is 5.97. The van der Waals surface area contributed by atoms with Crippen LogP contribution < -0.4 is 19.5 Å². The van der Waals surface area contributed by atoms with E-state index in [4.69, 9.17) is 13.9 Å². The van der Waals surface area contributed by atoms with E-state index in [9.17, 15) is 8.42 Å². The van der Waals surface area contributed by atoms with Gasteiger partial charge < -0.3 is 23.8 Å². The van der Waals surface area contributed by atoms with Crippen molar-refractivity contribution in [2.45, 2.75) is 44.3 Å². The Morgan fingerprint density at radius 3 is 2.62 bits per heavy atom. The zero-order valence-corrected chi connectivity index (χ0v) is 23.4. The largest absolute Gasteiger partial charge is 0.493 e. The van der Waals surface area contributed by atoms with E-state index in [0.717, 1.165) is 44.0 Å². The number of sulfonamides is 1. The summed E-state index contributed by atoms with van der Waals surface area (Å²) >= 11 is 0. The Kier molecular flexibility index (Phi) is 7.67. The van der Waals surface area contributed by atoms with Crippen LogP contribution in [0.2, 0.25) is 0 Å². The molecule has 39 heavy (non-hydrogen) atoms. The quantitative estimate of drug-likeness (QED) is 0.297. The number of nitrogens with zero attached hydrogens (tertiary/aromatic N) is 4. The fourth-order valence-electron chi connectivity index (χ4n) is 4.75. The smallest absolute Gasteiger partial charge is 0.295 e. The minimum Gasteiger partial charge on any atom is -0.493 e. The maximum Gasteiger partial charge on any atom is 0.295 e. The number of benzene rings is 2. The number of methoxy groups -OCH3 is 1. The minimum absolute atomic E-state index is 0.0932. The van der Waals surface area contributed by atoms with Crippen molar-refractivity contribution in [1.29, 1.82) is 0 Å². The molecule has 0 saturated carbocycles. The van der Waals surface area contributed by atoms with Crippen LogP contribution in [0.1, 0.15) is 31.2 Å². The number of imidazole rings is 1. The molecule has 0 bridgehead atoms. The summed E-state index contributed by atoms with van der Waals surface area (Å²) in [5.74, 6) is 2.13. The van der Waals surface area contributed by atoms with E-state index in [0.29, 0.717) is 35.2 Å². The summed E-state index contributed by atoms with van der Waals surface area (Å²) in [6, 6.07) is 11.8. The molecule has 1 aliphatic heterocycles. The van der Waals surface area contributed by atoms with Crippen LogP contribution in [-0.4, -0.2) is 60.7 Å². The molecule has 1 fully saturated rings. The van der Waals surface area contributed by atoms with Gasteiger partial charge in [-0.2, -0.15) is 13.4 Å². The SMILES string of the molecule is CCOc1cc(CN2CCC(Nc3nc4cc(NS(=O)(=O)c5cnc(C)n5C)ccc4o3)CC2)ccc1OC. The molecule has 0 radical (unpaired) electrons. The first-order valence-electron chi connectivity index (χ1n) is 13.0. The van der Waals surface area contributed by atoms with Gasteiger partial charge in [-0.25, -0.2) is 4.98 Å². The van der Waals surface area contributed by atoms with Crippen LogP contribution in [0.15, 0.2) is 52.0 Å². The van der Waals surface area contributed by atoms with Crippen molar-refractivity contribution in [2.75, 3.05) is 36.8 Å². The highest BCUT2D eigenvalue weighted by Crippen LogP contribution is 2.30. The van der Waals surface area contributed by atoms with E-state index >= 15 is 0 Å². The molecule has 11 nitrogen and oxygen atoms in total. The van der Waals surface area contributed by atoms with Gasteiger partial charge in [-0.3, -0.25) is 9.62 Å². The molecule has 12 heteroatoms. The summed E-state index contributed by atoms with van der Waals surface area (Å²) in [5, 5.41) is 3.50. The van der Waals surface area contributed by atoms with Crippen LogP contribution in [0.4, 0.5) is 11.7 Å². The van der Waals surface area contributed by atoms with Gasteiger partial charge in [0, 0.05) is 32.7 Å². The molecule has 0 aliphatic carbocycles. The van der Waals surface area contributed by atoms with Gasteiger partial charge in [-0.15, -0.1) is 0 Å². The molecule has 0 unspecified atom stereocenters. The van der Waals surface area contributed by atoms with Crippen LogP contribution in [0.25, 0.3) is 11.1 Å². The second-order valence-corrected chi connectivity index (χ2v) is 11.3. The Bertz CT molecular complexity index is 1560. The summed E-state index contributed by atoms with van der Waals surface area (Å²) in [5.41, 5.74) is 2.75. The van der Waals surface area contributed by atoms with Crippen LogP contribution in [-0.2, 0) is 23.6 Å². The van der Waals surface area contributed by atoms with Gasteiger partial charge in [0.15, 0.2) is 22.1 Å². The molecular formula is C27H34N6O5S. The zero-order valence-electron chi connectivity index (χ0n) is 22.6. The van der Waals surface area contributed by atoms with E-state index in [1.165, 1.54) is 16.3 Å². The summed E-state index contributed by atoms with van der Waals surface area (Å²) in [6.07, 6.45) is 3.24. The maximum absolute atomic E-state index is 12.8. The molecular weight excluding hydrogens is 520 g/mol. The Labute approximate surface area is 228 Å². The number of ether oxygens (including phenoxy) is 2. The lowest BCUT2D eigenvalue weighted by atomic mass is 10.0. The third kappa shape index (κ3) is 5.96. The molecule has 0 atom stereocenters. The highest BCUT2D eigenvalue weighted by atomic mass is 32.2. The normalized spacial score (nSPS) is 15.0. The van der Waals surface area contributed by atoms with Crippen LogP contribution in [0, 0.1) is 6.92 Å². The van der Waals surface area contributed by atoms with Gasteiger partial charge >= 0.3 is 0 Å².